The molecule has 0 N–H and O–H groups in total. The highest BCUT2D eigenvalue weighted by Gasteiger charge is 2.07. The number of aryl methyl sites for hydroxylation is 2. The van der Waals surface area contributed by atoms with Crippen molar-refractivity contribution in [1.82, 2.24) is 14.8 Å². The molecule has 0 saturated carbocycles. The van der Waals surface area contributed by atoms with Gasteiger partial charge in [0.05, 0.1) is 10.7 Å². The first-order valence-corrected chi connectivity index (χ1v) is 5.77. The third-order valence-electron chi connectivity index (χ3n) is 2.29. The van der Waals surface area contributed by atoms with E-state index >= 15 is 0 Å². The van der Waals surface area contributed by atoms with Crippen molar-refractivity contribution in [3.63, 3.8) is 0 Å². The fourth-order valence-electron chi connectivity index (χ4n) is 1.55. The van der Waals surface area contributed by atoms with Gasteiger partial charge in [-0.3, -0.25) is 0 Å². The molecule has 0 spiro atoms. The van der Waals surface area contributed by atoms with Gasteiger partial charge < -0.3 is 0 Å². The van der Waals surface area contributed by atoms with Gasteiger partial charge in [0, 0.05) is 17.8 Å². The van der Waals surface area contributed by atoms with Crippen LogP contribution in [0, 0.1) is 13.8 Å². The Balaban J connectivity index is 2.52. The highest BCUT2D eigenvalue weighted by molar-refractivity contribution is 6.32. The summed E-state index contributed by atoms with van der Waals surface area (Å²) < 4.78 is 1.78. The van der Waals surface area contributed by atoms with E-state index in [1.165, 1.54) is 0 Å². The Bertz CT molecular complexity index is 520. The Kier molecular flexibility index (Phi) is 3.17. The molecule has 0 aliphatic carbocycles. The first-order chi connectivity index (χ1) is 7.61. The zero-order valence-corrected chi connectivity index (χ0v) is 10.5. The van der Waals surface area contributed by atoms with Gasteiger partial charge in [-0.1, -0.05) is 11.6 Å². The maximum absolute atomic E-state index is 5.95. The molecule has 2 aromatic heterocycles. The summed E-state index contributed by atoms with van der Waals surface area (Å²) in [5.74, 6) is 1.11. The molecule has 2 aromatic rings. The van der Waals surface area contributed by atoms with Crippen molar-refractivity contribution in [2.75, 3.05) is 0 Å². The molecule has 0 aliphatic heterocycles. The molecule has 84 valence electrons. The summed E-state index contributed by atoms with van der Waals surface area (Å²) in [7, 11) is 0. The Labute approximate surface area is 104 Å². The lowest BCUT2D eigenvalue weighted by molar-refractivity contribution is 0.804. The molecular formula is C11H11Cl2N3. The number of hydrogen-bond donors (Lipinski definition) is 0. The van der Waals surface area contributed by atoms with E-state index < -0.39 is 0 Å². The summed E-state index contributed by atoms with van der Waals surface area (Å²) in [6.07, 6.45) is 1.60. The fourth-order valence-corrected chi connectivity index (χ4v) is 2.01. The fraction of sp³-hybridized carbons (Fsp3) is 0.273. The molecule has 2 heterocycles. The molecule has 0 bridgehead atoms. The van der Waals surface area contributed by atoms with Gasteiger partial charge in [0.1, 0.15) is 0 Å². The van der Waals surface area contributed by atoms with Crippen LogP contribution >= 0.6 is 23.2 Å². The van der Waals surface area contributed by atoms with Crippen LogP contribution in [-0.2, 0) is 5.88 Å². The highest BCUT2D eigenvalue weighted by atomic mass is 35.5. The summed E-state index contributed by atoms with van der Waals surface area (Å²) in [5, 5.41) is 4.94. The van der Waals surface area contributed by atoms with Gasteiger partial charge in [-0.25, -0.2) is 9.67 Å². The van der Waals surface area contributed by atoms with Gasteiger partial charge in [-0.05, 0) is 31.5 Å². The lowest BCUT2D eigenvalue weighted by Gasteiger charge is -2.06. The van der Waals surface area contributed by atoms with Gasteiger partial charge in [0.25, 0.3) is 0 Å². The van der Waals surface area contributed by atoms with Crippen molar-refractivity contribution < 1.29 is 0 Å². The molecule has 0 amide bonds. The number of alkyl halides is 1. The minimum atomic E-state index is 0.369. The van der Waals surface area contributed by atoms with Crippen molar-refractivity contribution in [2.45, 2.75) is 19.7 Å². The Hall–Kier alpha value is -1.06. The largest absolute Gasteiger partial charge is 0.236 e. The van der Waals surface area contributed by atoms with Gasteiger partial charge in [-0.15, -0.1) is 11.6 Å². The highest BCUT2D eigenvalue weighted by Crippen LogP contribution is 2.20. The summed E-state index contributed by atoms with van der Waals surface area (Å²) in [5.41, 5.74) is 2.86. The van der Waals surface area contributed by atoms with Crippen molar-refractivity contribution in [2.24, 2.45) is 0 Å². The minimum absolute atomic E-state index is 0.369. The maximum Gasteiger partial charge on any atom is 0.153 e. The summed E-state index contributed by atoms with van der Waals surface area (Å²) >= 11 is 11.7. The SMILES string of the molecule is Cc1cc(C)n(-c2cc(CCl)c(Cl)cn2)n1. The second kappa shape index (κ2) is 4.44. The van der Waals surface area contributed by atoms with Gasteiger partial charge in [0.2, 0.25) is 0 Å². The number of aromatic nitrogens is 3. The molecule has 0 aliphatic rings. The average molecular weight is 256 g/mol. The van der Waals surface area contributed by atoms with Crippen LogP contribution in [0.1, 0.15) is 17.0 Å². The third-order valence-corrected chi connectivity index (χ3v) is 2.92. The van der Waals surface area contributed by atoms with E-state index in [0.29, 0.717) is 10.9 Å². The molecule has 0 atom stereocenters. The van der Waals surface area contributed by atoms with Gasteiger partial charge in [0.15, 0.2) is 5.82 Å². The van der Waals surface area contributed by atoms with Crippen LogP contribution in [0.5, 0.6) is 0 Å². The van der Waals surface area contributed by atoms with Gasteiger partial charge >= 0.3 is 0 Å². The molecule has 0 aromatic carbocycles. The number of halogens is 2. The summed E-state index contributed by atoms with van der Waals surface area (Å²) in [6.45, 7) is 3.93. The van der Waals surface area contributed by atoms with Gasteiger partial charge in [-0.2, -0.15) is 5.10 Å². The van der Waals surface area contributed by atoms with E-state index in [9.17, 15) is 0 Å². The molecule has 0 unspecified atom stereocenters. The van der Waals surface area contributed by atoms with Crippen LogP contribution in [0.15, 0.2) is 18.3 Å². The molecule has 0 radical (unpaired) electrons. The second-order valence-electron chi connectivity index (χ2n) is 3.61. The van der Waals surface area contributed by atoms with Crippen molar-refractivity contribution in [3.05, 3.63) is 40.3 Å². The first-order valence-electron chi connectivity index (χ1n) is 4.86. The van der Waals surface area contributed by atoms with Crippen molar-refractivity contribution in [3.8, 4) is 5.82 Å². The third kappa shape index (κ3) is 2.06. The molecule has 5 heteroatoms. The standard InChI is InChI=1S/C11H11Cl2N3/c1-7-3-8(2)16(15-7)11-4-9(5-12)10(13)6-14-11/h3-4,6H,5H2,1-2H3. The average Bonchev–Trinajstić information content (AvgIpc) is 2.59. The summed E-state index contributed by atoms with van der Waals surface area (Å²) in [4.78, 5) is 4.24. The summed E-state index contributed by atoms with van der Waals surface area (Å²) in [6, 6.07) is 3.85. The van der Waals surface area contributed by atoms with E-state index in [1.807, 2.05) is 26.0 Å². The molecular weight excluding hydrogens is 245 g/mol. The van der Waals surface area contributed by atoms with Crippen molar-refractivity contribution >= 4 is 23.2 Å². The lowest BCUT2D eigenvalue weighted by Crippen LogP contribution is -2.02. The number of nitrogens with zero attached hydrogens (tertiary/aromatic N) is 3. The van der Waals surface area contributed by atoms with E-state index in [0.717, 1.165) is 22.8 Å². The zero-order valence-electron chi connectivity index (χ0n) is 9.04. The van der Waals surface area contributed by atoms with E-state index in [-0.39, 0.29) is 0 Å². The molecule has 2 rings (SSSR count). The van der Waals surface area contributed by atoms with Crippen molar-refractivity contribution in [1.29, 1.82) is 0 Å². The molecule has 16 heavy (non-hydrogen) atoms. The van der Waals surface area contributed by atoms with Crippen LogP contribution in [0.4, 0.5) is 0 Å². The van der Waals surface area contributed by atoms with E-state index in [4.69, 9.17) is 23.2 Å². The normalized spacial score (nSPS) is 10.8. The van der Waals surface area contributed by atoms with Crippen LogP contribution < -0.4 is 0 Å². The van der Waals surface area contributed by atoms with E-state index in [1.54, 1.807) is 10.9 Å². The minimum Gasteiger partial charge on any atom is -0.236 e. The zero-order chi connectivity index (χ0) is 11.7. The van der Waals surface area contributed by atoms with Crippen LogP contribution in [0.25, 0.3) is 5.82 Å². The Morgan fingerprint density at radius 1 is 1.31 bits per heavy atom. The number of pyridine rings is 1. The monoisotopic (exact) mass is 255 g/mol. The molecule has 0 saturated heterocycles. The molecule has 0 fully saturated rings. The quantitative estimate of drug-likeness (QED) is 0.772. The predicted octanol–water partition coefficient (Wildman–Crippen LogP) is 3.28. The Morgan fingerprint density at radius 2 is 2.06 bits per heavy atom. The Morgan fingerprint density at radius 3 is 2.62 bits per heavy atom. The number of hydrogen-bond acceptors (Lipinski definition) is 2. The number of rotatable bonds is 2. The lowest BCUT2D eigenvalue weighted by atomic mass is 10.3. The predicted molar refractivity (Wildman–Crippen MR) is 65.4 cm³/mol. The maximum atomic E-state index is 5.95. The van der Waals surface area contributed by atoms with E-state index in [2.05, 4.69) is 10.1 Å². The topological polar surface area (TPSA) is 30.7 Å². The second-order valence-corrected chi connectivity index (χ2v) is 4.28. The smallest absolute Gasteiger partial charge is 0.153 e. The first kappa shape index (κ1) is 11.4. The van der Waals surface area contributed by atoms with Crippen LogP contribution in [0.2, 0.25) is 5.02 Å². The molecule has 3 nitrogen and oxygen atoms in total. The van der Waals surface area contributed by atoms with Crippen LogP contribution in [-0.4, -0.2) is 14.8 Å². The van der Waals surface area contributed by atoms with Crippen LogP contribution in [0.3, 0.4) is 0 Å².